The minimum Gasteiger partial charge on any atom is -0.334 e. The maximum Gasteiger partial charge on any atom is 0.111 e. The molecule has 0 radical (unpaired) electrons. The van der Waals surface area contributed by atoms with E-state index in [1.165, 1.54) is 50.8 Å². The number of hydrogen-bond acceptors (Lipinski definition) is 1. The summed E-state index contributed by atoms with van der Waals surface area (Å²) in [5.41, 5.74) is 1.67. The molecular formula is C14H20N2. The predicted molar refractivity (Wildman–Crippen MR) is 65.4 cm³/mol. The summed E-state index contributed by atoms with van der Waals surface area (Å²) in [5, 5.41) is 0. The summed E-state index contributed by atoms with van der Waals surface area (Å²) in [6.45, 7) is 1.14. The van der Waals surface area contributed by atoms with Crippen molar-refractivity contribution in [3.8, 4) is 0 Å². The molecule has 0 amide bonds. The summed E-state index contributed by atoms with van der Waals surface area (Å²) in [7, 11) is 0. The van der Waals surface area contributed by atoms with Crippen LogP contribution in [0.3, 0.4) is 0 Å². The monoisotopic (exact) mass is 216 g/mol. The lowest BCUT2D eigenvalue weighted by Gasteiger charge is -2.13. The van der Waals surface area contributed by atoms with E-state index in [0.717, 1.165) is 12.5 Å². The standard InChI is InChI=1S/C14H20N2/c1-2-4-12(5-3-1)8-10-16-11-9-15-14(16)13-6-7-13/h4,9,11,13H,1-3,5-8,10H2. The minimum atomic E-state index is 0.773. The fourth-order valence-corrected chi connectivity index (χ4v) is 2.61. The van der Waals surface area contributed by atoms with E-state index < -0.39 is 0 Å². The highest BCUT2D eigenvalue weighted by Gasteiger charge is 2.27. The van der Waals surface area contributed by atoms with Gasteiger partial charge < -0.3 is 4.57 Å². The number of rotatable bonds is 4. The Labute approximate surface area is 97.4 Å². The summed E-state index contributed by atoms with van der Waals surface area (Å²) in [6.07, 6.45) is 15.9. The molecule has 0 N–H and O–H groups in total. The van der Waals surface area contributed by atoms with E-state index in [2.05, 4.69) is 21.8 Å². The number of aromatic nitrogens is 2. The van der Waals surface area contributed by atoms with Crippen molar-refractivity contribution in [1.29, 1.82) is 0 Å². The quantitative estimate of drug-likeness (QED) is 0.702. The molecule has 1 fully saturated rings. The van der Waals surface area contributed by atoms with Gasteiger partial charge in [0.25, 0.3) is 0 Å². The average molecular weight is 216 g/mol. The van der Waals surface area contributed by atoms with Crippen LogP contribution in [0.15, 0.2) is 24.0 Å². The average Bonchev–Trinajstić information content (AvgIpc) is 3.07. The van der Waals surface area contributed by atoms with E-state index in [1.54, 1.807) is 5.57 Å². The number of aryl methyl sites for hydroxylation is 1. The van der Waals surface area contributed by atoms with Gasteiger partial charge in [0.05, 0.1) is 0 Å². The topological polar surface area (TPSA) is 17.8 Å². The molecule has 0 unspecified atom stereocenters. The van der Waals surface area contributed by atoms with Gasteiger partial charge in [0, 0.05) is 24.9 Å². The van der Waals surface area contributed by atoms with Crippen LogP contribution in [0.25, 0.3) is 0 Å². The summed E-state index contributed by atoms with van der Waals surface area (Å²) >= 11 is 0. The molecule has 3 rings (SSSR count). The highest BCUT2D eigenvalue weighted by Crippen LogP contribution is 2.39. The second kappa shape index (κ2) is 4.44. The highest BCUT2D eigenvalue weighted by molar-refractivity contribution is 5.09. The molecule has 1 saturated carbocycles. The van der Waals surface area contributed by atoms with Gasteiger partial charge in [0.15, 0.2) is 0 Å². The highest BCUT2D eigenvalue weighted by atomic mass is 15.1. The van der Waals surface area contributed by atoms with Crippen molar-refractivity contribution in [1.82, 2.24) is 9.55 Å². The lowest BCUT2D eigenvalue weighted by atomic mass is 9.97. The largest absolute Gasteiger partial charge is 0.334 e. The third-order valence-corrected chi connectivity index (χ3v) is 3.75. The van der Waals surface area contributed by atoms with Crippen LogP contribution < -0.4 is 0 Å². The molecule has 86 valence electrons. The van der Waals surface area contributed by atoms with E-state index in [0.29, 0.717) is 0 Å². The van der Waals surface area contributed by atoms with Crippen molar-refractivity contribution in [3.63, 3.8) is 0 Å². The van der Waals surface area contributed by atoms with Gasteiger partial charge in [0.1, 0.15) is 5.82 Å². The van der Waals surface area contributed by atoms with Crippen LogP contribution in [0.4, 0.5) is 0 Å². The Morgan fingerprint density at radius 3 is 3.00 bits per heavy atom. The first kappa shape index (κ1) is 10.1. The summed E-state index contributed by atoms with van der Waals surface area (Å²) in [6, 6.07) is 0. The SMILES string of the molecule is C1=C(CCn2ccnc2C2CC2)CCCC1. The van der Waals surface area contributed by atoms with Gasteiger partial charge >= 0.3 is 0 Å². The second-order valence-electron chi connectivity index (χ2n) is 5.11. The molecule has 2 heteroatoms. The molecule has 1 aromatic heterocycles. The van der Waals surface area contributed by atoms with Gasteiger partial charge in [-0.15, -0.1) is 0 Å². The zero-order valence-electron chi connectivity index (χ0n) is 9.86. The fraction of sp³-hybridized carbons (Fsp3) is 0.643. The molecule has 0 bridgehead atoms. The Hall–Kier alpha value is -1.05. The Morgan fingerprint density at radius 1 is 1.31 bits per heavy atom. The predicted octanol–water partition coefficient (Wildman–Crippen LogP) is 3.65. The maximum atomic E-state index is 4.49. The third-order valence-electron chi connectivity index (χ3n) is 3.75. The van der Waals surface area contributed by atoms with Crippen molar-refractivity contribution in [2.75, 3.05) is 0 Å². The van der Waals surface area contributed by atoms with Crippen LogP contribution in [0.5, 0.6) is 0 Å². The van der Waals surface area contributed by atoms with Crippen LogP contribution in [0.2, 0.25) is 0 Å². The van der Waals surface area contributed by atoms with Gasteiger partial charge in [0.2, 0.25) is 0 Å². The normalized spacial score (nSPS) is 20.9. The Morgan fingerprint density at radius 2 is 2.25 bits per heavy atom. The molecule has 0 aromatic carbocycles. The molecule has 1 aromatic rings. The second-order valence-corrected chi connectivity index (χ2v) is 5.11. The Kier molecular flexibility index (Phi) is 2.81. The smallest absolute Gasteiger partial charge is 0.111 e. The molecule has 0 atom stereocenters. The lowest BCUT2D eigenvalue weighted by Crippen LogP contribution is -2.04. The zero-order valence-corrected chi connectivity index (χ0v) is 9.86. The molecule has 0 spiro atoms. The lowest BCUT2D eigenvalue weighted by molar-refractivity contribution is 0.607. The first-order valence-electron chi connectivity index (χ1n) is 6.62. The van der Waals surface area contributed by atoms with Crippen LogP contribution in [0, 0.1) is 0 Å². The van der Waals surface area contributed by atoms with Crippen LogP contribution >= 0.6 is 0 Å². The van der Waals surface area contributed by atoms with Gasteiger partial charge in [-0.05, 0) is 44.9 Å². The summed E-state index contributed by atoms with van der Waals surface area (Å²) in [5.74, 6) is 2.10. The maximum absolute atomic E-state index is 4.49. The first-order chi connectivity index (χ1) is 7.93. The fourth-order valence-electron chi connectivity index (χ4n) is 2.61. The molecule has 2 aliphatic carbocycles. The van der Waals surface area contributed by atoms with Crippen molar-refractivity contribution in [2.24, 2.45) is 0 Å². The van der Waals surface area contributed by atoms with E-state index >= 15 is 0 Å². The van der Waals surface area contributed by atoms with Crippen molar-refractivity contribution >= 4 is 0 Å². The molecule has 0 aliphatic heterocycles. The molecule has 2 nitrogen and oxygen atoms in total. The molecule has 1 heterocycles. The Balaban J connectivity index is 1.61. The van der Waals surface area contributed by atoms with E-state index in [-0.39, 0.29) is 0 Å². The third kappa shape index (κ3) is 2.21. The zero-order chi connectivity index (χ0) is 10.8. The van der Waals surface area contributed by atoms with Crippen LogP contribution in [0.1, 0.15) is 56.7 Å². The molecular weight excluding hydrogens is 196 g/mol. The van der Waals surface area contributed by atoms with Gasteiger partial charge in [-0.3, -0.25) is 0 Å². The summed E-state index contributed by atoms with van der Waals surface area (Å²) in [4.78, 5) is 4.49. The summed E-state index contributed by atoms with van der Waals surface area (Å²) < 4.78 is 2.37. The minimum absolute atomic E-state index is 0.773. The van der Waals surface area contributed by atoms with Gasteiger partial charge in [-0.2, -0.15) is 0 Å². The van der Waals surface area contributed by atoms with Crippen molar-refractivity contribution in [2.45, 2.75) is 57.4 Å². The van der Waals surface area contributed by atoms with E-state index in [9.17, 15) is 0 Å². The van der Waals surface area contributed by atoms with Crippen molar-refractivity contribution in [3.05, 3.63) is 29.9 Å². The first-order valence-corrected chi connectivity index (χ1v) is 6.62. The number of imidazole rings is 1. The Bertz CT molecular complexity index is 385. The van der Waals surface area contributed by atoms with Crippen LogP contribution in [-0.4, -0.2) is 9.55 Å². The van der Waals surface area contributed by atoms with Crippen LogP contribution in [-0.2, 0) is 6.54 Å². The van der Waals surface area contributed by atoms with E-state index in [4.69, 9.17) is 0 Å². The number of nitrogens with zero attached hydrogens (tertiary/aromatic N) is 2. The number of hydrogen-bond donors (Lipinski definition) is 0. The molecule has 2 aliphatic rings. The molecule has 0 saturated heterocycles. The van der Waals surface area contributed by atoms with Gasteiger partial charge in [-0.25, -0.2) is 4.98 Å². The van der Waals surface area contributed by atoms with Gasteiger partial charge in [-0.1, -0.05) is 11.6 Å². The van der Waals surface area contributed by atoms with E-state index in [1.807, 2.05) is 6.20 Å². The van der Waals surface area contributed by atoms with Crippen molar-refractivity contribution < 1.29 is 0 Å². The molecule has 16 heavy (non-hydrogen) atoms. The number of allylic oxidation sites excluding steroid dienone is 2.